The molecule has 0 aliphatic heterocycles. The van der Waals surface area contributed by atoms with E-state index < -0.39 is 0 Å². The molecule has 0 aliphatic carbocycles. The van der Waals surface area contributed by atoms with Gasteiger partial charge in [-0.1, -0.05) is 22.7 Å². The zero-order valence-corrected chi connectivity index (χ0v) is 14.8. The second-order valence-electron chi connectivity index (χ2n) is 5.77. The minimum absolute atomic E-state index is 0.147. The predicted molar refractivity (Wildman–Crippen MR) is 101 cm³/mol. The molecule has 0 aliphatic rings. The molecule has 0 spiro atoms. The Morgan fingerprint density at radius 1 is 1.15 bits per heavy atom. The van der Waals surface area contributed by atoms with Gasteiger partial charge >= 0.3 is 0 Å². The van der Waals surface area contributed by atoms with Crippen LogP contribution >= 0.6 is 11.5 Å². The van der Waals surface area contributed by atoms with E-state index in [1.807, 2.05) is 49.4 Å². The summed E-state index contributed by atoms with van der Waals surface area (Å²) in [6.45, 7) is 2.29. The van der Waals surface area contributed by atoms with E-state index in [-0.39, 0.29) is 5.91 Å². The van der Waals surface area contributed by atoms with Gasteiger partial charge in [-0.2, -0.15) is 0 Å². The summed E-state index contributed by atoms with van der Waals surface area (Å²) in [5.41, 5.74) is 3.88. The van der Waals surface area contributed by atoms with Gasteiger partial charge in [-0.3, -0.25) is 9.78 Å². The maximum absolute atomic E-state index is 12.9. The molecule has 6 nitrogen and oxygen atoms in total. The second-order valence-corrected chi connectivity index (χ2v) is 6.61. The fraction of sp³-hybridized carbons (Fsp3) is 0.105. The lowest BCUT2D eigenvalue weighted by atomic mass is 10.0. The van der Waals surface area contributed by atoms with E-state index in [1.54, 1.807) is 12.4 Å². The monoisotopic (exact) mass is 361 g/mol. The summed E-state index contributed by atoms with van der Waals surface area (Å²) in [4.78, 5) is 22.5. The highest BCUT2D eigenvalue weighted by molar-refractivity contribution is 7.05. The van der Waals surface area contributed by atoms with Crippen molar-refractivity contribution in [1.29, 1.82) is 0 Å². The molecule has 128 valence electrons. The maximum Gasteiger partial charge on any atom is 0.252 e. The van der Waals surface area contributed by atoms with E-state index in [0.717, 1.165) is 32.7 Å². The van der Waals surface area contributed by atoms with Gasteiger partial charge < -0.3 is 5.32 Å². The standard InChI is InChI=1S/C19H15N5OS/c1-12-18(26-24-23-12)11-21-19(25)15-10-17(13-6-8-20-9-7-13)22-16-5-3-2-4-14(15)16/h2-10H,11H2,1H3,(H,21,25). The molecule has 0 atom stereocenters. The number of amides is 1. The zero-order chi connectivity index (χ0) is 17.9. The lowest BCUT2D eigenvalue weighted by molar-refractivity contribution is 0.0953. The molecule has 1 aromatic carbocycles. The fourth-order valence-corrected chi connectivity index (χ4v) is 3.27. The van der Waals surface area contributed by atoms with Gasteiger partial charge in [0.05, 0.1) is 33.9 Å². The Kier molecular flexibility index (Phi) is 4.37. The molecule has 0 unspecified atom stereocenters. The quantitative estimate of drug-likeness (QED) is 0.603. The van der Waals surface area contributed by atoms with Crippen molar-refractivity contribution < 1.29 is 4.79 Å². The molecule has 1 N–H and O–H groups in total. The number of para-hydroxylation sites is 1. The maximum atomic E-state index is 12.9. The normalized spacial score (nSPS) is 10.8. The molecule has 4 aromatic rings. The Balaban J connectivity index is 1.73. The van der Waals surface area contributed by atoms with Crippen LogP contribution in [0.5, 0.6) is 0 Å². The first-order valence-electron chi connectivity index (χ1n) is 8.08. The number of carbonyl (C=O) groups excluding carboxylic acids is 1. The minimum atomic E-state index is -0.147. The van der Waals surface area contributed by atoms with E-state index in [9.17, 15) is 4.79 Å². The number of pyridine rings is 2. The number of hydrogen-bond donors (Lipinski definition) is 1. The Bertz CT molecular complexity index is 1080. The molecule has 0 saturated carbocycles. The second kappa shape index (κ2) is 6.97. The van der Waals surface area contributed by atoms with Crippen molar-refractivity contribution in [3.8, 4) is 11.3 Å². The van der Waals surface area contributed by atoms with Crippen LogP contribution in [0.1, 0.15) is 20.9 Å². The van der Waals surface area contributed by atoms with Crippen LogP contribution in [-0.2, 0) is 6.54 Å². The van der Waals surface area contributed by atoms with Crippen molar-refractivity contribution >= 4 is 28.3 Å². The minimum Gasteiger partial charge on any atom is -0.347 e. The highest BCUT2D eigenvalue weighted by atomic mass is 32.1. The first-order chi connectivity index (χ1) is 12.7. The van der Waals surface area contributed by atoms with Gasteiger partial charge in [-0.25, -0.2) is 4.98 Å². The third kappa shape index (κ3) is 3.16. The molecule has 3 heterocycles. The number of aryl methyl sites for hydroxylation is 1. The van der Waals surface area contributed by atoms with Gasteiger partial charge in [0.25, 0.3) is 5.91 Å². The van der Waals surface area contributed by atoms with Crippen molar-refractivity contribution in [2.24, 2.45) is 0 Å². The molecule has 7 heteroatoms. The molecule has 4 rings (SSSR count). The van der Waals surface area contributed by atoms with E-state index in [0.29, 0.717) is 12.1 Å². The van der Waals surface area contributed by atoms with E-state index in [4.69, 9.17) is 0 Å². The molecular formula is C19H15N5OS. The smallest absolute Gasteiger partial charge is 0.252 e. The molecule has 26 heavy (non-hydrogen) atoms. The average Bonchev–Trinajstić information content (AvgIpc) is 3.10. The first-order valence-corrected chi connectivity index (χ1v) is 8.86. The average molecular weight is 361 g/mol. The number of rotatable bonds is 4. The molecule has 0 saturated heterocycles. The summed E-state index contributed by atoms with van der Waals surface area (Å²) >= 11 is 1.30. The number of benzene rings is 1. The van der Waals surface area contributed by atoms with Crippen molar-refractivity contribution in [1.82, 2.24) is 24.9 Å². The van der Waals surface area contributed by atoms with Crippen molar-refractivity contribution in [3.05, 3.63) is 71.0 Å². The van der Waals surface area contributed by atoms with Gasteiger partial charge in [0, 0.05) is 23.3 Å². The highest BCUT2D eigenvalue weighted by Gasteiger charge is 2.14. The summed E-state index contributed by atoms with van der Waals surface area (Å²) in [6.07, 6.45) is 3.43. The summed E-state index contributed by atoms with van der Waals surface area (Å²) in [5, 5.41) is 7.76. The zero-order valence-electron chi connectivity index (χ0n) is 14.0. The molecule has 0 fully saturated rings. The van der Waals surface area contributed by atoms with Crippen LogP contribution < -0.4 is 5.32 Å². The molecule has 0 radical (unpaired) electrons. The van der Waals surface area contributed by atoms with Crippen LogP contribution in [0.4, 0.5) is 0 Å². The summed E-state index contributed by atoms with van der Waals surface area (Å²) in [6, 6.07) is 13.2. The fourth-order valence-electron chi connectivity index (χ4n) is 2.70. The van der Waals surface area contributed by atoms with Crippen LogP contribution in [0.15, 0.2) is 54.9 Å². The number of hydrogen-bond acceptors (Lipinski definition) is 6. The van der Waals surface area contributed by atoms with Crippen LogP contribution in [0.25, 0.3) is 22.2 Å². The summed E-state index contributed by atoms with van der Waals surface area (Å²) in [7, 11) is 0. The van der Waals surface area contributed by atoms with E-state index >= 15 is 0 Å². The molecule has 1 amide bonds. The molecule has 0 bridgehead atoms. The number of fused-ring (bicyclic) bond motifs is 1. The van der Waals surface area contributed by atoms with E-state index in [2.05, 4.69) is 24.9 Å². The van der Waals surface area contributed by atoms with Gasteiger partial charge in [0.2, 0.25) is 0 Å². The van der Waals surface area contributed by atoms with Crippen LogP contribution in [0.2, 0.25) is 0 Å². The Hall–Kier alpha value is -3.19. The molecular weight excluding hydrogens is 346 g/mol. The van der Waals surface area contributed by atoms with Gasteiger partial charge in [0.1, 0.15) is 0 Å². The number of carbonyl (C=O) groups is 1. The third-order valence-electron chi connectivity index (χ3n) is 4.09. The van der Waals surface area contributed by atoms with Crippen molar-refractivity contribution in [3.63, 3.8) is 0 Å². The Morgan fingerprint density at radius 3 is 2.73 bits per heavy atom. The number of nitrogens with zero attached hydrogens (tertiary/aromatic N) is 4. The van der Waals surface area contributed by atoms with Gasteiger partial charge in [0.15, 0.2) is 0 Å². The summed E-state index contributed by atoms with van der Waals surface area (Å²) < 4.78 is 3.90. The van der Waals surface area contributed by atoms with Crippen LogP contribution in [0.3, 0.4) is 0 Å². The highest BCUT2D eigenvalue weighted by Crippen LogP contribution is 2.24. The van der Waals surface area contributed by atoms with Crippen LogP contribution in [0, 0.1) is 6.92 Å². The topological polar surface area (TPSA) is 80.7 Å². The predicted octanol–water partition coefficient (Wildman–Crippen LogP) is 3.39. The lowest BCUT2D eigenvalue weighted by Crippen LogP contribution is -2.23. The third-order valence-corrected chi connectivity index (χ3v) is 4.92. The van der Waals surface area contributed by atoms with E-state index in [1.165, 1.54) is 11.5 Å². The Labute approximate surface area is 154 Å². The Morgan fingerprint density at radius 2 is 1.96 bits per heavy atom. The first kappa shape index (κ1) is 16.3. The summed E-state index contributed by atoms with van der Waals surface area (Å²) in [5.74, 6) is -0.147. The number of nitrogens with one attached hydrogen (secondary N) is 1. The lowest BCUT2D eigenvalue weighted by Gasteiger charge is -2.10. The van der Waals surface area contributed by atoms with Gasteiger partial charge in [-0.15, -0.1) is 5.10 Å². The van der Waals surface area contributed by atoms with Crippen molar-refractivity contribution in [2.45, 2.75) is 13.5 Å². The van der Waals surface area contributed by atoms with Crippen LogP contribution in [-0.4, -0.2) is 25.5 Å². The van der Waals surface area contributed by atoms with Gasteiger partial charge in [-0.05, 0) is 42.7 Å². The van der Waals surface area contributed by atoms with Crippen molar-refractivity contribution in [2.75, 3.05) is 0 Å². The molecule has 3 aromatic heterocycles. The SMILES string of the molecule is Cc1nnsc1CNC(=O)c1cc(-c2ccncc2)nc2ccccc12. The largest absolute Gasteiger partial charge is 0.347 e. The number of aromatic nitrogens is 4.